The number of nitrogens with one attached hydrogen (secondary N) is 1. The van der Waals surface area contributed by atoms with E-state index in [1.165, 1.54) is 33.5 Å². The predicted molar refractivity (Wildman–Crippen MR) is 176 cm³/mol. The van der Waals surface area contributed by atoms with Crippen molar-refractivity contribution in [3.8, 4) is 18.1 Å². The Bertz CT molecular complexity index is 1770. The molecule has 2 fully saturated rings. The number of thiazole rings is 1. The number of halogens is 2. The quantitative estimate of drug-likeness (QED) is 0.243. The van der Waals surface area contributed by atoms with Crippen molar-refractivity contribution in [2.75, 3.05) is 31.9 Å². The van der Waals surface area contributed by atoms with Crippen molar-refractivity contribution in [2.45, 2.75) is 35.9 Å². The van der Waals surface area contributed by atoms with Gasteiger partial charge in [-0.05, 0) is 29.3 Å². The molecule has 0 saturated carbocycles. The van der Waals surface area contributed by atoms with Gasteiger partial charge in [0, 0.05) is 25.2 Å². The number of piperazine rings is 1. The average molecular weight is 682 g/mol. The highest BCUT2D eigenvalue weighted by atomic mass is 35.5. The van der Waals surface area contributed by atoms with Crippen molar-refractivity contribution >= 4 is 67.7 Å². The summed E-state index contributed by atoms with van der Waals surface area (Å²) in [6.45, 7) is 0.191. The van der Waals surface area contributed by atoms with Gasteiger partial charge in [-0.3, -0.25) is 14.6 Å². The number of nitrogens with zero attached hydrogens (tertiary/aromatic N) is 6. The monoisotopic (exact) mass is 680 g/mol. The zero-order valence-electron chi connectivity index (χ0n) is 24.4. The minimum Gasteiger partial charge on any atom is -0.506 e. The first-order valence-corrected chi connectivity index (χ1v) is 16.1. The van der Waals surface area contributed by atoms with Gasteiger partial charge in [0.1, 0.15) is 18.0 Å². The number of urea groups is 1. The smallest absolute Gasteiger partial charge is 0.333 e. The minimum atomic E-state index is -0.926. The highest BCUT2D eigenvalue weighted by Crippen LogP contribution is 2.32. The molecule has 3 aliphatic rings. The zero-order chi connectivity index (χ0) is 32.5. The number of fused-ring (bicyclic) bond motifs is 2. The second kappa shape index (κ2) is 13.2. The number of carbonyl (C=O) groups is 3. The summed E-state index contributed by atoms with van der Waals surface area (Å²) in [4.78, 5) is 53.3. The number of terminal acetylenes is 1. The van der Waals surface area contributed by atoms with Crippen molar-refractivity contribution in [2.24, 2.45) is 0 Å². The van der Waals surface area contributed by atoms with Crippen molar-refractivity contribution in [3.63, 3.8) is 0 Å². The summed E-state index contributed by atoms with van der Waals surface area (Å²) >= 11 is 13.8. The van der Waals surface area contributed by atoms with E-state index in [2.05, 4.69) is 21.2 Å². The number of aromatic hydroxyl groups is 1. The molecule has 1 aromatic carbocycles. The van der Waals surface area contributed by atoms with E-state index in [0.29, 0.717) is 16.3 Å². The van der Waals surface area contributed by atoms with Crippen LogP contribution in [0.2, 0.25) is 0 Å². The second-order valence-electron chi connectivity index (χ2n) is 11.1. The van der Waals surface area contributed by atoms with E-state index in [1.807, 2.05) is 18.2 Å². The van der Waals surface area contributed by atoms with Crippen LogP contribution in [-0.2, 0) is 22.6 Å². The van der Waals surface area contributed by atoms with Crippen LogP contribution >= 0.6 is 34.5 Å². The Kier molecular flexibility index (Phi) is 9.06. The standard InChI is InChI=1S/C31H30Cl2N8O4S/c1-2-10-39(31(45)36-13-18-6-9-22(32)23(33)11-18)40-17-27(43)41-24(12-20-7-8-21(42)14-35-20)29(44)38(16-26(40)41)15-19-4-3-5-25-28(19)37-30(34)46-25/h1,3-9,11,14,22-24,26,42H,10,12-13,15-17H2,(H2,34,37)(H,36,45)/t22?,23?,24-,26+/m0/s1. The maximum Gasteiger partial charge on any atom is 0.333 e. The van der Waals surface area contributed by atoms with Gasteiger partial charge in [-0.25, -0.2) is 14.8 Å². The van der Waals surface area contributed by atoms with E-state index in [-0.39, 0.29) is 62.1 Å². The number of pyridine rings is 1. The summed E-state index contributed by atoms with van der Waals surface area (Å²) in [5.41, 5.74) is 8.78. The number of alkyl halides is 2. The molecule has 4 heterocycles. The molecule has 6 rings (SSSR count). The van der Waals surface area contributed by atoms with Crippen LogP contribution in [0.25, 0.3) is 10.2 Å². The topological polar surface area (TPSA) is 148 Å². The summed E-state index contributed by atoms with van der Waals surface area (Å²) in [7, 11) is 0. The van der Waals surface area contributed by atoms with Gasteiger partial charge in [-0.15, -0.1) is 29.6 Å². The number of amides is 4. The highest BCUT2D eigenvalue weighted by molar-refractivity contribution is 7.22. The van der Waals surface area contributed by atoms with E-state index in [1.54, 1.807) is 34.2 Å². The largest absolute Gasteiger partial charge is 0.506 e. The highest BCUT2D eigenvalue weighted by Gasteiger charge is 2.52. The van der Waals surface area contributed by atoms with E-state index < -0.39 is 23.6 Å². The summed E-state index contributed by atoms with van der Waals surface area (Å²) in [5.74, 6) is 1.89. The summed E-state index contributed by atoms with van der Waals surface area (Å²) < 4.78 is 0.894. The molecule has 12 nitrogen and oxygen atoms in total. The third-order valence-corrected chi connectivity index (χ3v) is 9.85. The Morgan fingerprint density at radius 2 is 2.07 bits per heavy atom. The van der Waals surface area contributed by atoms with Gasteiger partial charge in [-0.1, -0.05) is 47.6 Å². The number of hydrogen-bond acceptors (Lipinski definition) is 9. The Labute approximate surface area is 279 Å². The number of hydrogen-bond donors (Lipinski definition) is 3. The van der Waals surface area contributed by atoms with Gasteiger partial charge in [0.05, 0.1) is 46.8 Å². The van der Waals surface area contributed by atoms with Crippen LogP contribution in [0.4, 0.5) is 9.93 Å². The Morgan fingerprint density at radius 3 is 2.80 bits per heavy atom. The molecule has 2 aliphatic heterocycles. The van der Waals surface area contributed by atoms with Crippen LogP contribution in [0.1, 0.15) is 11.3 Å². The van der Waals surface area contributed by atoms with Crippen LogP contribution in [0, 0.1) is 12.3 Å². The molecule has 0 spiro atoms. The number of nitrogen functional groups attached to an aromatic ring is 1. The second-order valence-corrected chi connectivity index (χ2v) is 13.1. The van der Waals surface area contributed by atoms with Gasteiger partial charge in [0.15, 0.2) is 5.13 Å². The van der Waals surface area contributed by atoms with Gasteiger partial charge in [-0.2, -0.15) is 5.01 Å². The number of aromatic nitrogens is 2. The Hall–Kier alpha value is -4.35. The lowest BCUT2D eigenvalue weighted by molar-refractivity contribution is -0.157. The van der Waals surface area contributed by atoms with E-state index in [9.17, 15) is 19.5 Å². The number of para-hydroxylation sites is 1. The Morgan fingerprint density at radius 1 is 1.24 bits per heavy atom. The van der Waals surface area contributed by atoms with Crippen LogP contribution in [0.15, 0.2) is 60.3 Å². The molecule has 238 valence electrons. The van der Waals surface area contributed by atoms with Crippen LogP contribution in [0.5, 0.6) is 5.75 Å². The molecule has 0 bridgehead atoms. The lowest BCUT2D eigenvalue weighted by atomic mass is 10.0. The molecule has 1 aliphatic carbocycles. The first kappa shape index (κ1) is 31.6. The first-order chi connectivity index (χ1) is 22.1. The SMILES string of the molecule is C#CCN(C(=O)NCC1=CC(Cl)C(Cl)C=C1)N1CC(=O)N2[C@@H](Cc3ccc(O)cn3)C(=O)N(Cc3cccc4sc(N)nc34)C[C@@H]21. The van der Waals surface area contributed by atoms with Gasteiger partial charge >= 0.3 is 6.03 Å². The molecular weight excluding hydrogens is 651 g/mol. The number of rotatable bonds is 8. The summed E-state index contributed by atoms with van der Waals surface area (Å²) in [6, 6.07) is 7.34. The lowest BCUT2D eigenvalue weighted by Crippen LogP contribution is -2.66. The van der Waals surface area contributed by atoms with Crippen LogP contribution in [0.3, 0.4) is 0 Å². The van der Waals surface area contributed by atoms with Crippen LogP contribution in [-0.4, -0.2) is 102 Å². The molecule has 15 heteroatoms. The third kappa shape index (κ3) is 6.34. The molecule has 46 heavy (non-hydrogen) atoms. The van der Waals surface area contributed by atoms with Gasteiger partial charge < -0.3 is 26.0 Å². The number of benzene rings is 1. The average Bonchev–Trinajstić information content (AvgIpc) is 3.58. The van der Waals surface area contributed by atoms with Crippen molar-refractivity contribution < 1.29 is 19.5 Å². The van der Waals surface area contributed by atoms with E-state index in [4.69, 9.17) is 35.4 Å². The number of allylic oxidation sites excluding steroid dienone is 2. The third-order valence-electron chi connectivity index (χ3n) is 8.06. The molecule has 2 aromatic heterocycles. The van der Waals surface area contributed by atoms with Crippen molar-refractivity contribution in [1.29, 1.82) is 0 Å². The molecule has 3 aromatic rings. The van der Waals surface area contributed by atoms with Crippen molar-refractivity contribution in [3.05, 3.63) is 71.6 Å². The number of carbonyl (C=O) groups excluding carboxylic acids is 3. The molecular formula is C31H30Cl2N8O4S. The predicted octanol–water partition coefficient (Wildman–Crippen LogP) is 2.67. The maximum atomic E-state index is 14.1. The summed E-state index contributed by atoms with van der Waals surface area (Å²) in [6.07, 6.45) is 11.7. The molecule has 4 atom stereocenters. The maximum absolute atomic E-state index is 14.1. The number of hydrazine groups is 1. The summed E-state index contributed by atoms with van der Waals surface area (Å²) in [5, 5.41) is 15.2. The number of nitrogens with two attached hydrogens (primary N) is 1. The van der Waals surface area contributed by atoms with Gasteiger partial charge in [0.2, 0.25) is 11.8 Å². The molecule has 2 saturated heterocycles. The first-order valence-electron chi connectivity index (χ1n) is 14.4. The fourth-order valence-corrected chi connectivity index (χ4v) is 7.08. The van der Waals surface area contributed by atoms with Crippen molar-refractivity contribution in [1.82, 2.24) is 35.1 Å². The number of anilines is 1. The van der Waals surface area contributed by atoms with E-state index >= 15 is 0 Å². The molecule has 4 N–H and O–H groups in total. The lowest BCUT2D eigenvalue weighted by Gasteiger charge is -2.46. The fraction of sp³-hybridized carbons (Fsp3) is 0.323. The Balaban J connectivity index is 1.30. The molecule has 2 unspecified atom stereocenters. The van der Waals surface area contributed by atoms with Gasteiger partial charge in [0.25, 0.3) is 0 Å². The van der Waals surface area contributed by atoms with E-state index in [0.717, 1.165) is 15.8 Å². The minimum absolute atomic E-state index is 0.0169. The normalized spacial score (nSPS) is 22.9. The zero-order valence-corrected chi connectivity index (χ0v) is 26.8. The molecule has 0 radical (unpaired) electrons. The molecule has 4 amide bonds. The fourth-order valence-electron chi connectivity index (χ4n) is 5.91. The van der Waals surface area contributed by atoms with Crippen LogP contribution < -0.4 is 11.1 Å².